The molecule has 0 radical (unpaired) electrons. The maximum absolute atomic E-state index is 13.8. The van der Waals surface area contributed by atoms with Crippen LogP contribution in [0.5, 0.6) is 11.6 Å². The number of aromatic nitrogens is 4. The Balaban J connectivity index is 1.69. The molecule has 4 aromatic rings. The zero-order valence-electron chi connectivity index (χ0n) is 22.7. The minimum atomic E-state index is -4.91. The van der Waals surface area contributed by atoms with Gasteiger partial charge in [-0.05, 0) is 54.3 Å². The Kier molecular flexibility index (Phi) is 9.37. The molecule has 0 saturated heterocycles. The van der Waals surface area contributed by atoms with Crippen LogP contribution in [0.4, 0.5) is 13.2 Å². The highest BCUT2D eigenvalue weighted by Crippen LogP contribution is 2.30. The smallest absolute Gasteiger partial charge is 0.433 e. The summed E-state index contributed by atoms with van der Waals surface area (Å²) in [7, 11) is -2.33. The van der Waals surface area contributed by atoms with Gasteiger partial charge in [0.2, 0.25) is 20.9 Å². The van der Waals surface area contributed by atoms with E-state index in [1.54, 1.807) is 24.3 Å². The van der Waals surface area contributed by atoms with Crippen molar-refractivity contribution in [3.05, 3.63) is 104 Å². The molecule has 0 aliphatic carbocycles. The van der Waals surface area contributed by atoms with Gasteiger partial charge in [0.05, 0.1) is 37.2 Å². The van der Waals surface area contributed by atoms with Crippen molar-refractivity contribution >= 4 is 21.4 Å². The van der Waals surface area contributed by atoms with E-state index in [0.717, 1.165) is 23.3 Å². The van der Waals surface area contributed by atoms with Crippen LogP contribution in [0.3, 0.4) is 0 Å². The molecule has 15 heteroatoms. The van der Waals surface area contributed by atoms with Gasteiger partial charge in [-0.25, -0.2) is 18.4 Å². The fourth-order valence-electron chi connectivity index (χ4n) is 4.09. The molecule has 4 rings (SSSR count). The molecule has 0 unspecified atom stereocenters. The predicted octanol–water partition coefficient (Wildman–Crippen LogP) is 4.40. The minimum absolute atomic E-state index is 0.0261. The number of ether oxygens (including phenoxy) is 2. The van der Waals surface area contributed by atoms with E-state index in [-0.39, 0.29) is 48.0 Å². The van der Waals surface area contributed by atoms with Gasteiger partial charge in [-0.1, -0.05) is 23.7 Å². The molecule has 224 valence electrons. The maximum atomic E-state index is 13.8. The number of nitrogens with zero attached hydrogens (tertiary/aromatic N) is 5. The zero-order valence-corrected chi connectivity index (χ0v) is 24.3. The lowest BCUT2D eigenvalue weighted by Crippen LogP contribution is -2.30. The summed E-state index contributed by atoms with van der Waals surface area (Å²) in [5.41, 5.74) is -1.41. The van der Waals surface area contributed by atoms with Crippen LogP contribution in [0.15, 0.2) is 64.9 Å². The number of benzene rings is 2. The molecule has 2 aromatic heterocycles. The number of aryl methyl sites for hydroxylation is 1. The molecule has 0 spiro atoms. The van der Waals surface area contributed by atoms with Gasteiger partial charge in [-0.15, -0.1) is 0 Å². The second kappa shape index (κ2) is 12.8. The molecule has 0 N–H and O–H groups in total. The monoisotopic (exact) mass is 633 g/mol. The summed E-state index contributed by atoms with van der Waals surface area (Å²) in [5, 5.41) is 8.87. The summed E-state index contributed by atoms with van der Waals surface area (Å²) < 4.78 is 77.5. The second-order valence-electron chi connectivity index (χ2n) is 9.35. The van der Waals surface area contributed by atoms with Crippen molar-refractivity contribution in [2.24, 2.45) is 0 Å². The molecule has 0 saturated carbocycles. The van der Waals surface area contributed by atoms with Crippen molar-refractivity contribution in [3.8, 4) is 17.7 Å². The highest BCUT2D eigenvalue weighted by Gasteiger charge is 2.37. The third-order valence-corrected chi connectivity index (χ3v) is 7.24. The third-order valence-electron chi connectivity index (χ3n) is 6.16. The number of nitriles is 1. The SMILES string of the molecule is COc1ccc(COc2nc(S(C)(=O)=O)ncc2Cn2cnc(C(F)(F)F)c(CCc3cc(Cl)cc(C#N)c3)c2=O)cc1. The molecule has 0 fully saturated rings. The summed E-state index contributed by atoms with van der Waals surface area (Å²) in [6.45, 7) is -0.415. The normalized spacial score (nSPS) is 11.7. The molecular formula is C28H23ClF3N5O5S. The molecule has 0 bridgehead atoms. The lowest BCUT2D eigenvalue weighted by Gasteiger charge is -2.16. The summed E-state index contributed by atoms with van der Waals surface area (Å²) in [6.07, 6.45) is -2.50. The van der Waals surface area contributed by atoms with Crippen LogP contribution in [-0.2, 0) is 42.0 Å². The van der Waals surface area contributed by atoms with Gasteiger partial charge < -0.3 is 9.47 Å². The van der Waals surface area contributed by atoms with Crippen LogP contribution in [0.1, 0.15) is 33.5 Å². The van der Waals surface area contributed by atoms with Crippen molar-refractivity contribution in [1.29, 1.82) is 5.26 Å². The minimum Gasteiger partial charge on any atom is -0.497 e. The number of halogens is 4. The summed E-state index contributed by atoms with van der Waals surface area (Å²) in [6, 6.07) is 13.1. The molecule has 0 aliphatic rings. The molecule has 0 amide bonds. The van der Waals surface area contributed by atoms with Gasteiger partial charge in [0, 0.05) is 23.0 Å². The average Bonchev–Trinajstić information content (AvgIpc) is 2.95. The Morgan fingerprint density at radius 3 is 2.42 bits per heavy atom. The lowest BCUT2D eigenvalue weighted by atomic mass is 10.0. The number of alkyl halides is 3. The van der Waals surface area contributed by atoms with E-state index < -0.39 is 38.0 Å². The Labute approximate surface area is 249 Å². The van der Waals surface area contributed by atoms with Gasteiger partial charge in [-0.3, -0.25) is 9.36 Å². The van der Waals surface area contributed by atoms with Crippen molar-refractivity contribution in [3.63, 3.8) is 0 Å². The average molecular weight is 634 g/mol. The summed E-state index contributed by atoms with van der Waals surface area (Å²) in [4.78, 5) is 24.8. The maximum Gasteiger partial charge on any atom is 0.433 e. The first-order valence-electron chi connectivity index (χ1n) is 12.4. The first kappa shape index (κ1) is 31.5. The predicted molar refractivity (Wildman–Crippen MR) is 149 cm³/mol. The first-order chi connectivity index (χ1) is 20.3. The zero-order chi connectivity index (χ0) is 31.4. The van der Waals surface area contributed by atoms with Crippen molar-refractivity contribution in [1.82, 2.24) is 19.5 Å². The highest BCUT2D eigenvalue weighted by molar-refractivity contribution is 7.90. The Hall–Kier alpha value is -4.48. The number of hydrogen-bond donors (Lipinski definition) is 0. The second-order valence-corrected chi connectivity index (χ2v) is 11.7. The van der Waals surface area contributed by atoms with Crippen LogP contribution in [0.2, 0.25) is 5.02 Å². The van der Waals surface area contributed by atoms with E-state index in [1.165, 1.54) is 25.3 Å². The van der Waals surface area contributed by atoms with Crippen LogP contribution in [-0.4, -0.2) is 41.3 Å². The van der Waals surface area contributed by atoms with Crippen LogP contribution < -0.4 is 15.0 Å². The Bertz CT molecular complexity index is 1860. The van der Waals surface area contributed by atoms with E-state index in [2.05, 4.69) is 15.0 Å². The molecule has 2 aromatic carbocycles. The molecule has 0 aliphatic heterocycles. The largest absolute Gasteiger partial charge is 0.497 e. The quantitative estimate of drug-likeness (QED) is 0.233. The van der Waals surface area contributed by atoms with Gasteiger partial charge in [0.15, 0.2) is 5.69 Å². The third kappa shape index (κ3) is 7.88. The molecule has 0 atom stereocenters. The fourth-order valence-corrected chi connectivity index (χ4v) is 4.84. The topological polar surface area (TPSA) is 137 Å². The van der Waals surface area contributed by atoms with E-state index in [1.807, 2.05) is 6.07 Å². The summed E-state index contributed by atoms with van der Waals surface area (Å²) >= 11 is 6.02. The number of methoxy groups -OCH3 is 1. The Morgan fingerprint density at radius 2 is 1.79 bits per heavy atom. The van der Waals surface area contributed by atoms with Crippen LogP contribution in [0, 0.1) is 11.3 Å². The van der Waals surface area contributed by atoms with E-state index >= 15 is 0 Å². The Morgan fingerprint density at radius 1 is 1.07 bits per heavy atom. The molecule has 10 nitrogen and oxygen atoms in total. The van der Waals surface area contributed by atoms with Crippen LogP contribution in [0.25, 0.3) is 0 Å². The van der Waals surface area contributed by atoms with Gasteiger partial charge in [0.25, 0.3) is 5.56 Å². The number of rotatable bonds is 10. The molecular weight excluding hydrogens is 611 g/mol. The summed E-state index contributed by atoms with van der Waals surface area (Å²) in [5.74, 6) is 0.430. The molecule has 2 heterocycles. The van der Waals surface area contributed by atoms with Crippen molar-refractivity contribution < 1.29 is 31.1 Å². The standard InChI is InChI=1S/C28H23ClF3N5O5S/c1-41-22-6-3-17(4-7-22)15-42-25-20(13-34-27(36-25)43(2,39)40)14-37-16-35-24(28(30,31)32)23(26(37)38)8-5-18-9-19(12-33)11-21(29)10-18/h3-4,6-7,9-11,13,16H,5,8,14-15H2,1-2H3. The van der Waals surface area contributed by atoms with E-state index in [4.69, 9.17) is 21.1 Å². The van der Waals surface area contributed by atoms with Gasteiger partial charge in [0.1, 0.15) is 12.4 Å². The van der Waals surface area contributed by atoms with E-state index in [9.17, 15) is 31.6 Å². The molecule has 43 heavy (non-hydrogen) atoms. The first-order valence-corrected chi connectivity index (χ1v) is 14.7. The number of sulfone groups is 1. The van der Waals surface area contributed by atoms with Gasteiger partial charge in [-0.2, -0.15) is 23.4 Å². The van der Waals surface area contributed by atoms with Gasteiger partial charge >= 0.3 is 6.18 Å². The highest BCUT2D eigenvalue weighted by atomic mass is 35.5. The lowest BCUT2D eigenvalue weighted by molar-refractivity contribution is -0.142. The van der Waals surface area contributed by atoms with Crippen molar-refractivity contribution in [2.75, 3.05) is 13.4 Å². The fraction of sp³-hybridized carbons (Fsp3) is 0.250. The number of hydrogen-bond acceptors (Lipinski definition) is 9. The van der Waals surface area contributed by atoms with Crippen LogP contribution >= 0.6 is 11.6 Å². The van der Waals surface area contributed by atoms with Crippen molar-refractivity contribution in [2.45, 2.75) is 37.3 Å². The van der Waals surface area contributed by atoms with E-state index in [0.29, 0.717) is 16.9 Å².